The quantitative estimate of drug-likeness (QED) is 0.924. The Morgan fingerprint density at radius 3 is 2.78 bits per heavy atom. The van der Waals surface area contributed by atoms with E-state index in [-0.39, 0.29) is 5.56 Å². The van der Waals surface area contributed by atoms with Crippen molar-refractivity contribution in [3.63, 3.8) is 0 Å². The maximum atomic E-state index is 11.2. The van der Waals surface area contributed by atoms with Gasteiger partial charge in [0, 0.05) is 28.5 Å². The summed E-state index contributed by atoms with van der Waals surface area (Å²) in [5, 5.41) is 9.64. The number of benzene rings is 1. The van der Waals surface area contributed by atoms with E-state index in [1.165, 1.54) is 19.2 Å². The second-order valence-electron chi connectivity index (χ2n) is 3.57. The number of nitrogens with zero attached hydrogens (tertiary/aromatic N) is 1. The van der Waals surface area contributed by atoms with E-state index in [1.54, 1.807) is 24.5 Å². The lowest BCUT2D eigenvalue weighted by Gasteiger charge is -2.10. The SMILES string of the molecule is COc1ccncc1-c1cc(Cl)ccc1C(=O)O. The van der Waals surface area contributed by atoms with Crippen LogP contribution in [0.1, 0.15) is 10.4 Å². The fourth-order valence-corrected chi connectivity index (χ4v) is 1.86. The molecule has 0 atom stereocenters. The van der Waals surface area contributed by atoms with Gasteiger partial charge in [-0.2, -0.15) is 0 Å². The van der Waals surface area contributed by atoms with Crippen LogP contribution < -0.4 is 4.74 Å². The van der Waals surface area contributed by atoms with Gasteiger partial charge in [-0.15, -0.1) is 0 Å². The first-order valence-corrected chi connectivity index (χ1v) is 5.52. The van der Waals surface area contributed by atoms with Gasteiger partial charge in [-0.05, 0) is 24.3 Å². The predicted molar refractivity (Wildman–Crippen MR) is 68.2 cm³/mol. The highest BCUT2D eigenvalue weighted by Crippen LogP contribution is 2.33. The number of ether oxygens (including phenoxy) is 1. The third kappa shape index (κ3) is 2.28. The molecular formula is C13H10ClNO3. The molecule has 4 nitrogen and oxygen atoms in total. The van der Waals surface area contributed by atoms with Crippen LogP contribution in [0.25, 0.3) is 11.1 Å². The number of carboxylic acid groups (broad SMARTS) is 1. The van der Waals surface area contributed by atoms with E-state index in [1.807, 2.05) is 0 Å². The third-order valence-electron chi connectivity index (χ3n) is 2.50. The molecule has 1 aromatic carbocycles. The van der Waals surface area contributed by atoms with E-state index in [2.05, 4.69) is 4.98 Å². The fraction of sp³-hybridized carbons (Fsp3) is 0.0769. The highest BCUT2D eigenvalue weighted by atomic mass is 35.5. The number of rotatable bonds is 3. The van der Waals surface area contributed by atoms with E-state index in [0.717, 1.165) is 0 Å². The molecule has 2 rings (SSSR count). The molecule has 0 fully saturated rings. The summed E-state index contributed by atoms with van der Waals surface area (Å²) >= 11 is 5.91. The molecule has 0 bridgehead atoms. The molecule has 92 valence electrons. The van der Waals surface area contributed by atoms with Crippen molar-refractivity contribution in [2.45, 2.75) is 0 Å². The van der Waals surface area contributed by atoms with Gasteiger partial charge in [-0.3, -0.25) is 4.98 Å². The minimum atomic E-state index is -1.02. The van der Waals surface area contributed by atoms with Crippen molar-refractivity contribution < 1.29 is 14.6 Å². The largest absolute Gasteiger partial charge is 0.496 e. The highest BCUT2D eigenvalue weighted by molar-refractivity contribution is 6.31. The summed E-state index contributed by atoms with van der Waals surface area (Å²) in [6, 6.07) is 6.26. The molecular weight excluding hydrogens is 254 g/mol. The van der Waals surface area contributed by atoms with Crippen LogP contribution in [0, 0.1) is 0 Å². The Hall–Kier alpha value is -2.07. The van der Waals surface area contributed by atoms with Gasteiger partial charge in [0.25, 0.3) is 0 Å². The molecule has 0 amide bonds. The average molecular weight is 264 g/mol. The standard InChI is InChI=1S/C13H10ClNO3/c1-18-12-4-5-15-7-11(12)10-6-8(14)2-3-9(10)13(16)17/h2-7H,1H3,(H,16,17). The molecule has 0 saturated carbocycles. The number of carbonyl (C=O) groups is 1. The first-order chi connectivity index (χ1) is 8.63. The van der Waals surface area contributed by atoms with Crippen LogP contribution in [0.2, 0.25) is 5.02 Å². The summed E-state index contributed by atoms with van der Waals surface area (Å²) in [4.78, 5) is 15.2. The van der Waals surface area contributed by atoms with Gasteiger partial charge in [0.15, 0.2) is 0 Å². The summed E-state index contributed by atoms with van der Waals surface area (Å²) < 4.78 is 5.20. The van der Waals surface area contributed by atoms with Gasteiger partial charge in [0.05, 0.1) is 12.7 Å². The minimum absolute atomic E-state index is 0.158. The van der Waals surface area contributed by atoms with Gasteiger partial charge in [0.2, 0.25) is 0 Å². The minimum Gasteiger partial charge on any atom is -0.496 e. The summed E-state index contributed by atoms with van der Waals surface area (Å²) in [6.07, 6.45) is 3.13. The van der Waals surface area contributed by atoms with E-state index in [4.69, 9.17) is 16.3 Å². The lowest BCUT2D eigenvalue weighted by molar-refractivity contribution is 0.0698. The van der Waals surface area contributed by atoms with Crippen molar-refractivity contribution >= 4 is 17.6 Å². The first-order valence-electron chi connectivity index (χ1n) is 5.14. The molecule has 0 aliphatic carbocycles. The molecule has 1 heterocycles. The maximum absolute atomic E-state index is 11.2. The van der Waals surface area contributed by atoms with Crippen LogP contribution in [-0.4, -0.2) is 23.2 Å². The van der Waals surface area contributed by atoms with Crippen molar-refractivity contribution in [1.82, 2.24) is 4.98 Å². The van der Waals surface area contributed by atoms with Gasteiger partial charge in [0.1, 0.15) is 5.75 Å². The Balaban J connectivity index is 2.69. The van der Waals surface area contributed by atoms with Crippen LogP contribution in [0.15, 0.2) is 36.7 Å². The van der Waals surface area contributed by atoms with Gasteiger partial charge < -0.3 is 9.84 Å². The van der Waals surface area contributed by atoms with Crippen LogP contribution in [0.3, 0.4) is 0 Å². The van der Waals surface area contributed by atoms with Crippen molar-refractivity contribution in [3.05, 3.63) is 47.2 Å². The first kappa shape index (κ1) is 12.4. The zero-order valence-corrected chi connectivity index (χ0v) is 10.3. The Morgan fingerprint density at radius 2 is 2.11 bits per heavy atom. The Labute approximate surface area is 109 Å². The van der Waals surface area contributed by atoms with E-state index >= 15 is 0 Å². The Morgan fingerprint density at radius 1 is 1.33 bits per heavy atom. The highest BCUT2D eigenvalue weighted by Gasteiger charge is 2.15. The molecule has 0 aliphatic rings. The molecule has 5 heteroatoms. The number of halogens is 1. The molecule has 0 saturated heterocycles. The summed E-state index contributed by atoms with van der Waals surface area (Å²) in [5.41, 5.74) is 1.24. The number of hydrogen-bond donors (Lipinski definition) is 1. The number of aromatic nitrogens is 1. The van der Waals surface area contributed by atoms with E-state index in [9.17, 15) is 9.90 Å². The van der Waals surface area contributed by atoms with E-state index < -0.39 is 5.97 Å². The molecule has 1 N–H and O–H groups in total. The molecule has 18 heavy (non-hydrogen) atoms. The molecule has 2 aromatic rings. The average Bonchev–Trinajstić information content (AvgIpc) is 2.38. The summed E-state index contributed by atoms with van der Waals surface area (Å²) in [7, 11) is 1.52. The smallest absolute Gasteiger partial charge is 0.336 e. The monoisotopic (exact) mass is 263 g/mol. The van der Waals surface area contributed by atoms with Gasteiger partial charge >= 0.3 is 5.97 Å². The molecule has 0 radical (unpaired) electrons. The maximum Gasteiger partial charge on any atom is 0.336 e. The predicted octanol–water partition coefficient (Wildman–Crippen LogP) is 3.11. The normalized spacial score (nSPS) is 10.1. The molecule has 0 unspecified atom stereocenters. The topological polar surface area (TPSA) is 59.4 Å². The zero-order valence-electron chi connectivity index (χ0n) is 9.55. The second kappa shape index (κ2) is 5.06. The summed E-state index contributed by atoms with van der Waals surface area (Å²) in [5.74, 6) is -0.470. The van der Waals surface area contributed by atoms with Crippen molar-refractivity contribution in [3.8, 4) is 16.9 Å². The Bertz CT molecular complexity index is 599. The lowest BCUT2D eigenvalue weighted by atomic mass is 10.0. The summed E-state index contributed by atoms with van der Waals surface area (Å²) in [6.45, 7) is 0. The lowest BCUT2D eigenvalue weighted by Crippen LogP contribution is -2.00. The third-order valence-corrected chi connectivity index (χ3v) is 2.74. The number of carboxylic acids is 1. The van der Waals surface area contributed by atoms with Gasteiger partial charge in [-0.1, -0.05) is 11.6 Å². The zero-order chi connectivity index (χ0) is 13.1. The van der Waals surface area contributed by atoms with E-state index in [0.29, 0.717) is 21.9 Å². The van der Waals surface area contributed by atoms with Crippen LogP contribution in [-0.2, 0) is 0 Å². The van der Waals surface area contributed by atoms with Crippen molar-refractivity contribution in [2.24, 2.45) is 0 Å². The van der Waals surface area contributed by atoms with Gasteiger partial charge in [-0.25, -0.2) is 4.79 Å². The van der Waals surface area contributed by atoms with Crippen molar-refractivity contribution in [2.75, 3.05) is 7.11 Å². The molecule has 0 aliphatic heterocycles. The second-order valence-corrected chi connectivity index (χ2v) is 4.01. The number of aromatic carboxylic acids is 1. The number of hydrogen-bond acceptors (Lipinski definition) is 3. The van der Waals surface area contributed by atoms with Crippen LogP contribution >= 0.6 is 11.6 Å². The number of methoxy groups -OCH3 is 1. The molecule has 0 spiro atoms. The fourth-order valence-electron chi connectivity index (χ4n) is 1.69. The Kier molecular flexibility index (Phi) is 3.48. The van der Waals surface area contributed by atoms with Crippen LogP contribution in [0.5, 0.6) is 5.75 Å². The van der Waals surface area contributed by atoms with Crippen molar-refractivity contribution in [1.29, 1.82) is 0 Å². The number of pyridine rings is 1. The van der Waals surface area contributed by atoms with Crippen LogP contribution in [0.4, 0.5) is 0 Å². The molecule has 1 aromatic heterocycles.